The Balaban J connectivity index is 1.79. The molecule has 2 heterocycles. The lowest BCUT2D eigenvalue weighted by atomic mass is 9.81. The number of benzene rings is 2. The summed E-state index contributed by atoms with van der Waals surface area (Å²) < 4.78 is 32.3. The number of aryl methyl sites for hydroxylation is 1. The van der Waals surface area contributed by atoms with Gasteiger partial charge in [-0.05, 0) is 30.7 Å². The molecule has 2 atom stereocenters. The number of hydrogen-bond acceptors (Lipinski definition) is 4. The van der Waals surface area contributed by atoms with Crippen LogP contribution in [0.15, 0.2) is 82.5 Å². The van der Waals surface area contributed by atoms with Gasteiger partial charge in [-0.2, -0.15) is 0 Å². The van der Waals surface area contributed by atoms with E-state index in [2.05, 4.69) is 0 Å². The van der Waals surface area contributed by atoms with Crippen LogP contribution in [0, 0.1) is 6.92 Å². The highest BCUT2D eigenvalue weighted by atomic mass is 32.2. The quantitative estimate of drug-likeness (QED) is 0.660. The van der Waals surface area contributed by atoms with Gasteiger partial charge in [0.1, 0.15) is 0 Å². The Kier molecular flexibility index (Phi) is 3.92. The molecule has 1 aromatic heterocycles. The molecule has 0 bridgehead atoms. The second kappa shape index (κ2) is 6.14. The van der Waals surface area contributed by atoms with Crippen molar-refractivity contribution in [1.29, 1.82) is 0 Å². The molecule has 132 valence electrons. The Hall–Kier alpha value is -2.86. The van der Waals surface area contributed by atoms with Crippen LogP contribution in [0.25, 0.3) is 0 Å². The Morgan fingerprint density at radius 3 is 2.23 bits per heavy atom. The summed E-state index contributed by atoms with van der Waals surface area (Å²) in [5, 5.41) is 0. The zero-order valence-electron chi connectivity index (χ0n) is 14.1. The van der Waals surface area contributed by atoms with Crippen molar-refractivity contribution in [3.05, 3.63) is 89.9 Å². The van der Waals surface area contributed by atoms with E-state index in [1.165, 1.54) is 24.7 Å². The first-order valence-electron chi connectivity index (χ1n) is 8.22. The summed E-state index contributed by atoms with van der Waals surface area (Å²) in [6, 6.07) is 16.8. The Morgan fingerprint density at radius 2 is 1.62 bits per heavy atom. The van der Waals surface area contributed by atoms with Crippen molar-refractivity contribution >= 4 is 15.9 Å². The van der Waals surface area contributed by atoms with E-state index in [9.17, 15) is 13.2 Å². The van der Waals surface area contributed by atoms with Crippen molar-refractivity contribution < 1.29 is 17.6 Å². The zero-order chi connectivity index (χ0) is 18.3. The molecule has 4 rings (SSSR count). The average molecular weight is 367 g/mol. The molecular formula is C20H17NO4S. The first-order chi connectivity index (χ1) is 12.5. The van der Waals surface area contributed by atoms with E-state index in [0.29, 0.717) is 5.56 Å². The van der Waals surface area contributed by atoms with Crippen molar-refractivity contribution in [1.82, 2.24) is 4.31 Å². The number of furan rings is 1. The third-order valence-corrected chi connectivity index (χ3v) is 6.47. The number of amides is 1. The Bertz CT molecular complexity index is 1030. The number of nitrogens with zero attached hydrogens (tertiary/aromatic N) is 1. The van der Waals surface area contributed by atoms with Crippen LogP contribution in [0.4, 0.5) is 0 Å². The van der Waals surface area contributed by atoms with Gasteiger partial charge in [-0.15, -0.1) is 0 Å². The van der Waals surface area contributed by atoms with Crippen molar-refractivity contribution in [3.8, 4) is 0 Å². The molecule has 0 N–H and O–H groups in total. The average Bonchev–Trinajstić information content (AvgIpc) is 3.14. The lowest BCUT2D eigenvalue weighted by molar-refractivity contribution is -0.141. The van der Waals surface area contributed by atoms with Crippen LogP contribution in [0.1, 0.15) is 28.7 Å². The van der Waals surface area contributed by atoms with Gasteiger partial charge < -0.3 is 4.42 Å². The largest absolute Gasteiger partial charge is 0.472 e. The summed E-state index contributed by atoms with van der Waals surface area (Å²) in [7, 11) is -3.94. The van der Waals surface area contributed by atoms with E-state index in [1.54, 1.807) is 18.2 Å². The molecule has 1 fully saturated rings. The SMILES string of the molecule is Cc1ccc(S(=O)(=O)N2C(=O)[C@@H](c3ccoc3)[C@@H]2c2ccccc2)cc1. The third-order valence-electron chi connectivity index (χ3n) is 4.67. The maximum absolute atomic E-state index is 13.1. The van der Waals surface area contributed by atoms with E-state index in [-0.39, 0.29) is 4.90 Å². The number of β-lactam (4-membered cyclic amide) rings is 1. The third kappa shape index (κ3) is 2.54. The van der Waals surface area contributed by atoms with Gasteiger partial charge in [0.15, 0.2) is 0 Å². The van der Waals surface area contributed by atoms with Crippen LogP contribution >= 0.6 is 0 Å². The van der Waals surface area contributed by atoms with E-state index in [1.807, 2.05) is 37.3 Å². The van der Waals surface area contributed by atoms with Gasteiger partial charge in [-0.1, -0.05) is 48.0 Å². The van der Waals surface area contributed by atoms with Crippen molar-refractivity contribution in [2.75, 3.05) is 0 Å². The Labute approximate surface area is 151 Å². The second-order valence-electron chi connectivity index (χ2n) is 6.34. The van der Waals surface area contributed by atoms with Crippen molar-refractivity contribution in [3.63, 3.8) is 0 Å². The van der Waals surface area contributed by atoms with E-state index < -0.39 is 27.9 Å². The van der Waals surface area contributed by atoms with Gasteiger partial charge in [0, 0.05) is 5.56 Å². The van der Waals surface area contributed by atoms with Crippen LogP contribution in [0.5, 0.6) is 0 Å². The molecule has 0 radical (unpaired) electrons. The number of hydrogen-bond donors (Lipinski definition) is 0. The highest BCUT2D eigenvalue weighted by Crippen LogP contribution is 2.49. The number of carbonyl (C=O) groups excluding carboxylic acids is 1. The predicted molar refractivity (Wildman–Crippen MR) is 95.8 cm³/mol. The van der Waals surface area contributed by atoms with E-state index in [4.69, 9.17) is 4.42 Å². The minimum absolute atomic E-state index is 0.114. The van der Waals surface area contributed by atoms with Gasteiger partial charge >= 0.3 is 0 Å². The zero-order valence-corrected chi connectivity index (χ0v) is 14.9. The summed E-state index contributed by atoms with van der Waals surface area (Å²) in [4.78, 5) is 12.9. The second-order valence-corrected chi connectivity index (χ2v) is 8.16. The molecule has 0 unspecified atom stereocenters. The van der Waals surface area contributed by atoms with Crippen LogP contribution in [-0.2, 0) is 14.8 Å². The fourth-order valence-electron chi connectivity index (χ4n) is 3.31. The summed E-state index contributed by atoms with van der Waals surface area (Å²) in [5.41, 5.74) is 2.41. The fraction of sp³-hybridized carbons (Fsp3) is 0.150. The molecule has 1 aliphatic heterocycles. The molecular weight excluding hydrogens is 350 g/mol. The Morgan fingerprint density at radius 1 is 0.923 bits per heavy atom. The van der Waals surface area contributed by atoms with Crippen molar-refractivity contribution in [2.45, 2.75) is 23.8 Å². The fourth-order valence-corrected chi connectivity index (χ4v) is 4.91. The maximum Gasteiger partial charge on any atom is 0.267 e. The molecule has 0 spiro atoms. The topological polar surface area (TPSA) is 67.6 Å². The maximum atomic E-state index is 13.1. The molecule has 2 aromatic carbocycles. The van der Waals surface area contributed by atoms with Gasteiger partial charge in [0.2, 0.25) is 5.91 Å². The summed E-state index contributed by atoms with van der Waals surface area (Å²) in [6.07, 6.45) is 2.98. The minimum Gasteiger partial charge on any atom is -0.472 e. The molecule has 1 saturated heterocycles. The van der Waals surface area contributed by atoms with Crippen LogP contribution in [0.3, 0.4) is 0 Å². The van der Waals surface area contributed by atoms with Gasteiger partial charge in [-0.3, -0.25) is 4.79 Å². The normalized spacial score (nSPS) is 20.0. The summed E-state index contributed by atoms with van der Waals surface area (Å²) >= 11 is 0. The first kappa shape index (κ1) is 16.6. The van der Waals surface area contributed by atoms with Gasteiger partial charge in [0.05, 0.1) is 29.4 Å². The van der Waals surface area contributed by atoms with Crippen LogP contribution in [0.2, 0.25) is 0 Å². The van der Waals surface area contributed by atoms with Crippen LogP contribution in [-0.4, -0.2) is 18.6 Å². The lowest BCUT2D eigenvalue weighted by Gasteiger charge is -2.45. The first-order valence-corrected chi connectivity index (χ1v) is 9.66. The van der Waals surface area contributed by atoms with Gasteiger partial charge in [-0.25, -0.2) is 12.7 Å². The predicted octanol–water partition coefficient (Wildman–Crippen LogP) is 3.64. The molecule has 5 nitrogen and oxygen atoms in total. The standard InChI is InChI=1S/C20H17NO4S/c1-14-7-9-17(10-8-14)26(23,24)21-19(15-5-3-2-4-6-15)18(20(21)22)16-11-12-25-13-16/h2-13,18-19H,1H3/t18-,19-/m0/s1. The number of sulfonamides is 1. The summed E-state index contributed by atoms with van der Waals surface area (Å²) in [5.74, 6) is -1.02. The highest BCUT2D eigenvalue weighted by Gasteiger charge is 2.55. The molecule has 26 heavy (non-hydrogen) atoms. The summed E-state index contributed by atoms with van der Waals surface area (Å²) in [6.45, 7) is 1.88. The van der Waals surface area contributed by atoms with Crippen molar-refractivity contribution in [2.24, 2.45) is 0 Å². The molecule has 0 aliphatic carbocycles. The molecule has 1 aliphatic rings. The molecule has 3 aromatic rings. The highest BCUT2D eigenvalue weighted by molar-refractivity contribution is 7.89. The molecule has 6 heteroatoms. The van der Waals surface area contributed by atoms with E-state index >= 15 is 0 Å². The van der Waals surface area contributed by atoms with Gasteiger partial charge in [0.25, 0.3) is 10.0 Å². The number of carbonyl (C=O) groups is 1. The minimum atomic E-state index is -3.94. The van der Waals surface area contributed by atoms with E-state index in [0.717, 1.165) is 15.4 Å². The van der Waals surface area contributed by atoms with Crippen LogP contribution < -0.4 is 0 Å². The molecule has 1 amide bonds. The lowest BCUT2D eigenvalue weighted by Crippen LogP contribution is -2.55. The number of rotatable bonds is 4. The molecule has 0 saturated carbocycles. The monoisotopic (exact) mass is 367 g/mol. The smallest absolute Gasteiger partial charge is 0.267 e.